The van der Waals surface area contributed by atoms with Crippen LogP contribution in [0.1, 0.15) is 35.0 Å². The maximum absolute atomic E-state index is 14.2. The molecule has 0 radical (unpaired) electrons. The van der Waals surface area contributed by atoms with E-state index in [1.54, 1.807) is 42.5 Å². The number of anilines is 1. The van der Waals surface area contributed by atoms with Crippen molar-refractivity contribution in [2.45, 2.75) is 25.0 Å². The third kappa shape index (κ3) is 6.13. The van der Waals surface area contributed by atoms with E-state index in [0.29, 0.717) is 18.7 Å². The molecule has 3 amide bonds. The lowest BCUT2D eigenvalue weighted by Gasteiger charge is -2.32. The molecule has 35 heavy (non-hydrogen) atoms. The number of hydrogen-bond acceptors (Lipinski definition) is 5. The van der Waals surface area contributed by atoms with Crippen molar-refractivity contribution < 1.29 is 27.9 Å². The first-order chi connectivity index (χ1) is 17.0. The molecule has 1 aromatic heterocycles. The highest BCUT2D eigenvalue weighted by atomic mass is 19.1. The first-order valence-electron chi connectivity index (χ1n) is 11.4. The van der Waals surface area contributed by atoms with Crippen LogP contribution < -0.4 is 15.5 Å². The van der Waals surface area contributed by atoms with Gasteiger partial charge in [0.1, 0.15) is 11.9 Å². The lowest BCUT2D eigenvalue weighted by molar-refractivity contribution is -0.126. The lowest BCUT2D eigenvalue weighted by Crippen LogP contribution is -2.48. The van der Waals surface area contributed by atoms with Gasteiger partial charge < -0.3 is 19.8 Å². The molecule has 0 spiro atoms. The summed E-state index contributed by atoms with van der Waals surface area (Å²) in [6.45, 7) is 0.507. The van der Waals surface area contributed by atoms with Gasteiger partial charge in [-0.15, -0.1) is 0 Å². The summed E-state index contributed by atoms with van der Waals surface area (Å²) in [6, 6.07) is 16.1. The maximum Gasteiger partial charge on any atom is 0.287 e. The molecule has 0 aliphatic carbocycles. The lowest BCUT2D eigenvalue weighted by atomic mass is 10.0. The molecule has 2 atom stereocenters. The molecule has 4 rings (SSSR count). The number of furan rings is 1. The van der Waals surface area contributed by atoms with Gasteiger partial charge in [-0.2, -0.15) is 0 Å². The van der Waals surface area contributed by atoms with Gasteiger partial charge in [-0.05, 0) is 48.7 Å². The van der Waals surface area contributed by atoms with Gasteiger partial charge >= 0.3 is 0 Å². The summed E-state index contributed by atoms with van der Waals surface area (Å²) in [6.07, 6.45) is 3.01. The van der Waals surface area contributed by atoms with Crippen LogP contribution in [0.5, 0.6) is 0 Å². The maximum atomic E-state index is 14.2. The van der Waals surface area contributed by atoms with E-state index in [1.807, 2.05) is 0 Å². The minimum Gasteiger partial charge on any atom is -0.459 e. The molecule has 182 valence electrons. The van der Waals surface area contributed by atoms with Crippen molar-refractivity contribution in [2.24, 2.45) is 0 Å². The normalized spacial score (nSPS) is 15.9. The van der Waals surface area contributed by atoms with E-state index >= 15 is 0 Å². The Labute approximate surface area is 202 Å². The molecule has 1 saturated heterocycles. The summed E-state index contributed by atoms with van der Waals surface area (Å²) in [5.74, 6) is -2.14. The van der Waals surface area contributed by atoms with Gasteiger partial charge in [0.05, 0.1) is 18.9 Å². The molecule has 2 heterocycles. The van der Waals surface area contributed by atoms with Crippen molar-refractivity contribution >= 4 is 23.4 Å². The van der Waals surface area contributed by atoms with Crippen LogP contribution in [0.25, 0.3) is 0 Å². The van der Waals surface area contributed by atoms with E-state index < -0.39 is 36.1 Å². The molecule has 0 bridgehead atoms. The van der Waals surface area contributed by atoms with Gasteiger partial charge in [0, 0.05) is 18.8 Å². The van der Waals surface area contributed by atoms with Crippen LogP contribution in [-0.4, -0.2) is 43.5 Å². The first-order valence-corrected chi connectivity index (χ1v) is 11.4. The summed E-state index contributed by atoms with van der Waals surface area (Å²) in [4.78, 5) is 40.5. The number of amides is 3. The van der Waals surface area contributed by atoms with Crippen molar-refractivity contribution in [1.82, 2.24) is 10.6 Å². The van der Waals surface area contributed by atoms with Crippen molar-refractivity contribution in [2.75, 3.05) is 24.6 Å². The second-order valence-corrected chi connectivity index (χ2v) is 8.10. The number of nitrogens with zero attached hydrogens (tertiary/aromatic N) is 1. The van der Waals surface area contributed by atoms with Crippen LogP contribution in [-0.2, 0) is 14.3 Å². The Morgan fingerprint density at radius 1 is 1.03 bits per heavy atom. The second kappa shape index (κ2) is 11.4. The van der Waals surface area contributed by atoms with Crippen LogP contribution in [0.3, 0.4) is 0 Å². The predicted octanol–water partition coefficient (Wildman–Crippen LogP) is 3.22. The fraction of sp³-hybridized carbons (Fsp3) is 0.269. The molecule has 0 unspecified atom stereocenters. The fourth-order valence-corrected chi connectivity index (χ4v) is 3.97. The summed E-state index contributed by atoms with van der Waals surface area (Å²) < 4.78 is 24.8. The molecule has 1 fully saturated rings. The molecule has 1 aliphatic heterocycles. The third-order valence-electron chi connectivity index (χ3n) is 5.65. The van der Waals surface area contributed by atoms with E-state index in [1.165, 1.54) is 35.4 Å². The molecule has 2 aromatic carbocycles. The van der Waals surface area contributed by atoms with Crippen molar-refractivity contribution in [1.29, 1.82) is 0 Å². The van der Waals surface area contributed by atoms with Crippen molar-refractivity contribution in [3.8, 4) is 0 Å². The Hall–Kier alpha value is -3.98. The molecule has 2 N–H and O–H groups in total. The highest BCUT2D eigenvalue weighted by Crippen LogP contribution is 2.29. The average Bonchev–Trinajstić information content (AvgIpc) is 3.59. The van der Waals surface area contributed by atoms with Crippen LogP contribution in [0, 0.1) is 5.82 Å². The fourth-order valence-electron chi connectivity index (χ4n) is 3.97. The number of hydrogen-bond donors (Lipinski definition) is 2. The summed E-state index contributed by atoms with van der Waals surface area (Å²) in [5.41, 5.74) is 0.718. The van der Waals surface area contributed by atoms with E-state index in [9.17, 15) is 18.8 Å². The summed E-state index contributed by atoms with van der Waals surface area (Å²) in [7, 11) is 0. The van der Waals surface area contributed by atoms with E-state index in [4.69, 9.17) is 9.15 Å². The number of nitrogens with one attached hydrogen (secondary N) is 2. The minimum atomic E-state index is -1.10. The SMILES string of the molecule is O=C(NCC(=O)N(c1cccc(F)c1)[C@H](C(=O)NC[C@H]1CCCO1)c1ccccc1)c1ccco1. The van der Waals surface area contributed by atoms with Gasteiger partial charge in [-0.1, -0.05) is 36.4 Å². The Bertz CT molecular complexity index is 1150. The molecular weight excluding hydrogens is 453 g/mol. The number of ether oxygens (including phenoxy) is 1. The molecule has 0 saturated carbocycles. The zero-order valence-corrected chi connectivity index (χ0v) is 19.0. The summed E-state index contributed by atoms with van der Waals surface area (Å²) >= 11 is 0. The van der Waals surface area contributed by atoms with E-state index in [-0.39, 0.29) is 17.6 Å². The van der Waals surface area contributed by atoms with Crippen molar-refractivity contribution in [3.05, 3.63) is 90.1 Å². The molecule has 1 aliphatic rings. The second-order valence-electron chi connectivity index (χ2n) is 8.10. The van der Waals surface area contributed by atoms with E-state index in [0.717, 1.165) is 12.8 Å². The Balaban J connectivity index is 1.63. The third-order valence-corrected chi connectivity index (χ3v) is 5.65. The standard InChI is InChI=1S/C26H26FN3O5/c27-19-9-4-10-20(15-19)30(23(31)17-29-25(32)22-12-6-14-35-22)24(18-7-2-1-3-8-18)26(33)28-16-21-11-5-13-34-21/h1-4,6-10,12,14-15,21,24H,5,11,13,16-17H2,(H,28,33)(H,29,32)/t21-,24+/m1/s1. The highest BCUT2D eigenvalue weighted by molar-refractivity contribution is 6.04. The predicted molar refractivity (Wildman–Crippen MR) is 126 cm³/mol. The van der Waals surface area contributed by atoms with Crippen molar-refractivity contribution in [3.63, 3.8) is 0 Å². The smallest absolute Gasteiger partial charge is 0.287 e. The number of carbonyl (C=O) groups is 3. The molecule has 3 aromatic rings. The van der Waals surface area contributed by atoms with Crippen LogP contribution >= 0.6 is 0 Å². The van der Waals surface area contributed by atoms with Gasteiger partial charge in [-0.25, -0.2) is 4.39 Å². The monoisotopic (exact) mass is 479 g/mol. The number of carbonyl (C=O) groups excluding carboxylic acids is 3. The zero-order valence-electron chi connectivity index (χ0n) is 19.0. The zero-order chi connectivity index (χ0) is 24.6. The van der Waals surface area contributed by atoms with E-state index in [2.05, 4.69) is 10.6 Å². The van der Waals surface area contributed by atoms with Gasteiger partial charge in [-0.3, -0.25) is 19.3 Å². The first kappa shape index (κ1) is 24.2. The Morgan fingerprint density at radius 2 is 1.86 bits per heavy atom. The minimum absolute atomic E-state index is 0.0454. The van der Waals surface area contributed by atoms with Crippen LogP contribution in [0.4, 0.5) is 10.1 Å². The molecule has 9 heteroatoms. The Morgan fingerprint density at radius 3 is 2.54 bits per heavy atom. The van der Waals surface area contributed by atoms with Crippen LogP contribution in [0.15, 0.2) is 77.4 Å². The molecular formula is C26H26FN3O5. The number of halogens is 1. The molecule has 8 nitrogen and oxygen atoms in total. The average molecular weight is 480 g/mol. The number of rotatable bonds is 9. The Kier molecular flexibility index (Phi) is 7.89. The van der Waals surface area contributed by atoms with Gasteiger partial charge in [0.15, 0.2) is 5.76 Å². The highest BCUT2D eigenvalue weighted by Gasteiger charge is 2.33. The summed E-state index contributed by atoms with van der Waals surface area (Å²) in [5, 5.41) is 5.38. The quantitative estimate of drug-likeness (QED) is 0.491. The van der Waals surface area contributed by atoms with Gasteiger partial charge in [0.25, 0.3) is 5.91 Å². The van der Waals surface area contributed by atoms with Crippen LogP contribution in [0.2, 0.25) is 0 Å². The number of benzene rings is 2. The van der Waals surface area contributed by atoms with Gasteiger partial charge in [0.2, 0.25) is 11.8 Å². The topological polar surface area (TPSA) is 101 Å². The largest absolute Gasteiger partial charge is 0.459 e.